The summed E-state index contributed by atoms with van der Waals surface area (Å²) in [5.41, 5.74) is 17.0. The normalized spacial score (nSPS) is 39.4. The maximum absolute atomic E-state index is 8.77. The molecule has 0 spiro atoms. The van der Waals surface area contributed by atoms with E-state index >= 15 is 0 Å². The summed E-state index contributed by atoms with van der Waals surface area (Å²) in [5.74, 6) is 0.221. The topological polar surface area (TPSA) is 139 Å². The zero-order chi connectivity index (χ0) is 30.3. The van der Waals surface area contributed by atoms with Crippen molar-refractivity contribution in [2.75, 3.05) is 20.3 Å². The zero-order valence-electron chi connectivity index (χ0n) is 25.3. The monoisotopic (exact) mass is 596 g/mol. The van der Waals surface area contributed by atoms with Gasteiger partial charge in [0, 0.05) is 29.1 Å². The minimum Gasteiger partial charge on any atom is -0.372 e. The van der Waals surface area contributed by atoms with E-state index in [0.717, 1.165) is 24.0 Å². The first-order chi connectivity index (χ1) is 20.9. The van der Waals surface area contributed by atoms with Crippen LogP contribution in [0.2, 0.25) is 0 Å². The molecule has 234 valence electrons. The number of fused-ring (bicyclic) bond motifs is 2. The van der Waals surface area contributed by atoms with E-state index in [2.05, 4.69) is 23.9 Å². The first-order valence-corrected chi connectivity index (χ1v) is 15.2. The Hall–Kier alpha value is -2.57. The summed E-state index contributed by atoms with van der Waals surface area (Å²) in [6.07, 6.45) is 0.0280. The molecular weight excluding hydrogens is 552 g/mol. The number of benzene rings is 2. The summed E-state index contributed by atoms with van der Waals surface area (Å²) < 4.78 is 41.4. The Bertz CT molecular complexity index is 1190. The molecule has 2 aromatic rings. The first-order valence-electron chi connectivity index (χ1n) is 15.2. The second-order valence-electron chi connectivity index (χ2n) is 11.7. The highest BCUT2D eigenvalue weighted by molar-refractivity contribution is 5.17. The Morgan fingerprint density at radius 1 is 0.767 bits per heavy atom. The van der Waals surface area contributed by atoms with Gasteiger partial charge in [0.1, 0.15) is 0 Å². The summed E-state index contributed by atoms with van der Waals surface area (Å²) in [6.45, 7) is 7.28. The number of nitrogens with two attached hydrogens (primary N) is 1. The molecular formula is C32H44N4O7. The van der Waals surface area contributed by atoms with E-state index in [9.17, 15) is 0 Å². The molecule has 4 fully saturated rings. The van der Waals surface area contributed by atoms with Gasteiger partial charge in [-0.3, -0.25) is 0 Å². The van der Waals surface area contributed by atoms with Crippen molar-refractivity contribution in [3.05, 3.63) is 82.2 Å². The van der Waals surface area contributed by atoms with Crippen LogP contribution in [0.4, 0.5) is 0 Å². The van der Waals surface area contributed by atoms with Gasteiger partial charge in [-0.1, -0.05) is 79.6 Å². The Morgan fingerprint density at radius 2 is 1.28 bits per heavy atom. The molecule has 4 saturated heterocycles. The predicted octanol–water partition coefficient (Wildman–Crippen LogP) is 5.42. The lowest BCUT2D eigenvalue weighted by Crippen LogP contribution is -2.58. The second-order valence-corrected chi connectivity index (χ2v) is 11.7. The van der Waals surface area contributed by atoms with Crippen LogP contribution < -0.4 is 5.73 Å². The summed E-state index contributed by atoms with van der Waals surface area (Å²) in [4.78, 5) is 2.96. The molecule has 2 N–H and O–H groups in total. The fraction of sp³-hybridized carbons (Fsp3) is 0.625. The van der Waals surface area contributed by atoms with Gasteiger partial charge < -0.3 is 38.9 Å². The second kappa shape index (κ2) is 14.9. The Labute approximate surface area is 253 Å². The standard InChI is InChI=1S/C16H21N3O3.C16H23NO4/c1-10-14(18-19-17)11(2)21-13-8-9-20-16(22-15(10)13)12-6-4-3-5-7-12;1-10-13(17)16(18-2)20-12-8-9-19-15(21-14(10)12)11-6-4-3-5-7-11/h3-7,10-11,13-16H,8-9H2,1-2H3;3-7,10,12-16H,8-9,17H2,1-2H3/t10?,11-,13?,14+,15+,16?;10?,12?,13-,14-,15?,16-/m10/s1. The third kappa shape index (κ3) is 7.39. The van der Waals surface area contributed by atoms with Crippen LogP contribution in [0.15, 0.2) is 65.8 Å². The Kier molecular flexibility index (Phi) is 11.1. The first kappa shape index (κ1) is 31.8. The predicted molar refractivity (Wildman–Crippen MR) is 158 cm³/mol. The summed E-state index contributed by atoms with van der Waals surface area (Å²) in [6, 6.07) is 19.4. The lowest BCUT2D eigenvalue weighted by atomic mass is 9.85. The Balaban J connectivity index is 0.000000171. The molecule has 12 atom stereocenters. The molecule has 43 heavy (non-hydrogen) atoms. The van der Waals surface area contributed by atoms with Crippen molar-refractivity contribution in [2.45, 2.75) is 95.1 Å². The van der Waals surface area contributed by atoms with E-state index in [1.165, 1.54) is 0 Å². The number of hydrogen-bond acceptors (Lipinski definition) is 9. The highest BCUT2D eigenvalue weighted by atomic mass is 16.7. The van der Waals surface area contributed by atoms with Gasteiger partial charge in [0.25, 0.3) is 0 Å². The summed E-state index contributed by atoms with van der Waals surface area (Å²) in [7, 11) is 1.62. The van der Waals surface area contributed by atoms with Crippen LogP contribution in [-0.2, 0) is 33.2 Å². The lowest BCUT2D eigenvalue weighted by molar-refractivity contribution is -0.262. The quantitative estimate of drug-likeness (QED) is 0.280. The lowest BCUT2D eigenvalue weighted by Gasteiger charge is -2.43. The van der Waals surface area contributed by atoms with Crippen LogP contribution in [0.1, 0.15) is 57.3 Å². The maximum atomic E-state index is 8.77. The molecule has 11 heteroatoms. The largest absolute Gasteiger partial charge is 0.372 e. The Morgan fingerprint density at radius 3 is 1.79 bits per heavy atom. The maximum Gasteiger partial charge on any atom is 0.184 e. The van der Waals surface area contributed by atoms with Gasteiger partial charge in [-0.25, -0.2) is 0 Å². The molecule has 0 saturated carbocycles. The van der Waals surface area contributed by atoms with Crippen molar-refractivity contribution in [3.8, 4) is 0 Å². The molecule has 0 aliphatic carbocycles. The van der Waals surface area contributed by atoms with Gasteiger partial charge in [0.05, 0.1) is 55.8 Å². The minimum absolute atomic E-state index is 0.0242. The smallest absolute Gasteiger partial charge is 0.184 e. The van der Waals surface area contributed by atoms with Crippen LogP contribution in [-0.4, -0.2) is 69.2 Å². The van der Waals surface area contributed by atoms with Gasteiger partial charge in [-0.05, 0) is 31.2 Å². The molecule has 0 bridgehead atoms. The third-order valence-electron chi connectivity index (χ3n) is 8.87. The minimum atomic E-state index is -0.401. The van der Waals surface area contributed by atoms with Crippen LogP contribution in [0.5, 0.6) is 0 Å². The molecule has 0 amide bonds. The van der Waals surface area contributed by atoms with Crippen molar-refractivity contribution in [3.63, 3.8) is 0 Å². The summed E-state index contributed by atoms with van der Waals surface area (Å²) in [5, 5.41) is 3.90. The van der Waals surface area contributed by atoms with Crippen molar-refractivity contribution in [2.24, 2.45) is 22.7 Å². The number of hydrogen-bond donors (Lipinski definition) is 1. The third-order valence-corrected chi connectivity index (χ3v) is 8.87. The van der Waals surface area contributed by atoms with Crippen molar-refractivity contribution in [1.82, 2.24) is 0 Å². The van der Waals surface area contributed by atoms with Crippen molar-refractivity contribution in [1.29, 1.82) is 0 Å². The van der Waals surface area contributed by atoms with E-state index in [4.69, 9.17) is 44.4 Å². The van der Waals surface area contributed by atoms with E-state index in [1.54, 1.807) is 7.11 Å². The van der Waals surface area contributed by atoms with E-state index < -0.39 is 6.29 Å². The number of rotatable bonds is 4. The van der Waals surface area contributed by atoms with Crippen LogP contribution in [0.3, 0.4) is 0 Å². The molecule has 2 aromatic carbocycles. The van der Waals surface area contributed by atoms with E-state index in [0.29, 0.717) is 13.2 Å². The van der Waals surface area contributed by atoms with Crippen LogP contribution in [0, 0.1) is 11.8 Å². The number of ether oxygens (including phenoxy) is 7. The molecule has 4 heterocycles. The van der Waals surface area contributed by atoms with Gasteiger partial charge in [-0.2, -0.15) is 0 Å². The summed E-state index contributed by atoms with van der Waals surface area (Å²) >= 11 is 0. The SMILES string of the molecule is CC1[C@@H]2OC(c3ccccc3)OCCC2O[C@H](C)[C@H]1N=[N+]=[N-].CO[C@H]1OC2CCOC(c3ccccc3)O[C@H]2C(C)[C@@H]1N. The fourth-order valence-corrected chi connectivity index (χ4v) is 6.42. The number of methoxy groups -OCH3 is 1. The molecule has 0 aromatic heterocycles. The molecule has 11 nitrogen and oxygen atoms in total. The average molecular weight is 597 g/mol. The number of nitrogens with zero attached hydrogens (tertiary/aromatic N) is 3. The molecule has 6 rings (SSSR count). The highest BCUT2D eigenvalue weighted by Gasteiger charge is 2.46. The molecule has 6 unspecified atom stereocenters. The van der Waals surface area contributed by atoms with E-state index in [-0.39, 0.29) is 67.0 Å². The molecule has 0 radical (unpaired) electrons. The van der Waals surface area contributed by atoms with Gasteiger partial charge in [0.15, 0.2) is 18.9 Å². The zero-order valence-corrected chi connectivity index (χ0v) is 25.3. The van der Waals surface area contributed by atoms with Crippen LogP contribution >= 0.6 is 0 Å². The highest BCUT2D eigenvalue weighted by Crippen LogP contribution is 2.38. The van der Waals surface area contributed by atoms with Gasteiger partial charge in [-0.15, -0.1) is 0 Å². The number of azide groups is 1. The molecule has 4 aliphatic rings. The van der Waals surface area contributed by atoms with Gasteiger partial charge >= 0.3 is 0 Å². The van der Waals surface area contributed by atoms with Crippen molar-refractivity contribution < 1.29 is 33.2 Å². The van der Waals surface area contributed by atoms with Crippen molar-refractivity contribution >= 4 is 0 Å². The average Bonchev–Trinajstić information content (AvgIpc) is 3.39. The molecule has 4 aliphatic heterocycles. The fourth-order valence-electron chi connectivity index (χ4n) is 6.42. The van der Waals surface area contributed by atoms with Crippen LogP contribution in [0.25, 0.3) is 10.4 Å². The van der Waals surface area contributed by atoms with E-state index in [1.807, 2.05) is 67.6 Å². The van der Waals surface area contributed by atoms with Gasteiger partial charge in [0.2, 0.25) is 0 Å².